The van der Waals surface area contributed by atoms with Crippen LogP contribution in [0.15, 0.2) is 48.9 Å². The Bertz CT molecular complexity index is 1050. The van der Waals surface area contributed by atoms with E-state index in [2.05, 4.69) is 14.7 Å². The summed E-state index contributed by atoms with van der Waals surface area (Å²) in [7, 11) is 0. The van der Waals surface area contributed by atoms with Crippen molar-refractivity contribution in [1.82, 2.24) is 19.3 Å². The Labute approximate surface area is 170 Å². The molecule has 1 amide bonds. The van der Waals surface area contributed by atoms with Crippen LogP contribution in [0.1, 0.15) is 34.8 Å². The molecule has 3 atom stereocenters. The maximum atomic E-state index is 12.9. The normalized spacial score (nSPS) is 23.7. The highest BCUT2D eigenvalue weighted by atomic mass is 19.4. The van der Waals surface area contributed by atoms with Crippen LogP contribution in [0, 0.1) is 11.8 Å². The quantitative estimate of drug-likeness (QED) is 0.650. The van der Waals surface area contributed by atoms with Crippen LogP contribution in [0.4, 0.5) is 13.2 Å². The van der Waals surface area contributed by atoms with Gasteiger partial charge in [0.15, 0.2) is 0 Å². The van der Waals surface area contributed by atoms with Crippen molar-refractivity contribution in [2.24, 2.45) is 11.8 Å². The zero-order chi connectivity index (χ0) is 20.9. The van der Waals surface area contributed by atoms with Crippen LogP contribution in [0.5, 0.6) is 5.75 Å². The minimum absolute atomic E-state index is 0.00445. The zero-order valence-corrected chi connectivity index (χ0v) is 15.9. The molecule has 1 aliphatic carbocycles. The Morgan fingerprint density at radius 2 is 1.83 bits per heavy atom. The van der Waals surface area contributed by atoms with Crippen molar-refractivity contribution in [3.8, 4) is 5.75 Å². The maximum Gasteiger partial charge on any atom is 0.573 e. The van der Waals surface area contributed by atoms with Crippen LogP contribution in [0.3, 0.4) is 0 Å². The number of para-hydroxylation sites is 1. The molecule has 9 heteroatoms. The third-order valence-corrected chi connectivity index (χ3v) is 6.08. The number of rotatable bonds is 3. The zero-order valence-electron chi connectivity index (χ0n) is 15.9. The van der Waals surface area contributed by atoms with E-state index in [-0.39, 0.29) is 29.4 Å². The number of imidazole rings is 1. The molecule has 0 bridgehead atoms. The lowest BCUT2D eigenvalue weighted by Gasteiger charge is -2.20. The average Bonchev–Trinajstić information content (AvgIpc) is 3.39. The van der Waals surface area contributed by atoms with Gasteiger partial charge in [0, 0.05) is 31.7 Å². The fourth-order valence-corrected chi connectivity index (χ4v) is 4.85. The number of carbonyl (C=O) groups excluding carboxylic acids is 1. The monoisotopic (exact) mass is 416 g/mol. The molecule has 6 nitrogen and oxygen atoms in total. The summed E-state index contributed by atoms with van der Waals surface area (Å²) in [4.78, 5) is 23.1. The van der Waals surface area contributed by atoms with E-state index in [4.69, 9.17) is 0 Å². The standard InChI is InChI=1S/C21H19F3N4O2/c22-21(23,24)30-18-5-2-1-4-16(18)13-8-14-10-28(11-15(14)9-13)19(29)17-12-27-7-3-6-25-20(27)26-17/h1-7,12-15H,8-11H2/t13?,14-,15+. The van der Waals surface area contributed by atoms with Gasteiger partial charge in [-0.25, -0.2) is 9.97 Å². The molecule has 2 aromatic heterocycles. The topological polar surface area (TPSA) is 59.7 Å². The van der Waals surface area contributed by atoms with Gasteiger partial charge in [0.25, 0.3) is 5.91 Å². The lowest BCUT2D eigenvalue weighted by molar-refractivity contribution is -0.275. The molecule has 156 valence electrons. The molecule has 30 heavy (non-hydrogen) atoms. The van der Waals surface area contributed by atoms with Crippen LogP contribution < -0.4 is 4.74 Å². The molecule has 0 spiro atoms. The number of alkyl halides is 3. The van der Waals surface area contributed by atoms with Gasteiger partial charge < -0.3 is 9.64 Å². The fourth-order valence-electron chi connectivity index (χ4n) is 4.85. The Morgan fingerprint density at radius 1 is 1.10 bits per heavy atom. The summed E-state index contributed by atoms with van der Waals surface area (Å²) in [5, 5.41) is 0. The van der Waals surface area contributed by atoms with Crippen LogP contribution in [-0.2, 0) is 0 Å². The Morgan fingerprint density at radius 3 is 2.53 bits per heavy atom. The molecule has 1 saturated heterocycles. The first kappa shape index (κ1) is 18.9. The number of ether oxygens (including phenoxy) is 1. The SMILES string of the molecule is O=C(c1cn2cccnc2n1)N1C[C@H]2CC(c3ccccc3OC(F)(F)F)C[C@H]2C1. The second-order valence-electron chi connectivity index (χ2n) is 7.94. The number of nitrogens with zero attached hydrogens (tertiary/aromatic N) is 4. The van der Waals surface area contributed by atoms with E-state index in [0.717, 1.165) is 12.8 Å². The predicted molar refractivity (Wildman–Crippen MR) is 101 cm³/mol. The van der Waals surface area contributed by atoms with Crippen molar-refractivity contribution in [1.29, 1.82) is 0 Å². The summed E-state index contributed by atoms with van der Waals surface area (Å²) < 4.78 is 44.2. The van der Waals surface area contributed by atoms with Gasteiger partial charge in [-0.3, -0.25) is 9.20 Å². The highest BCUT2D eigenvalue weighted by molar-refractivity contribution is 5.93. The predicted octanol–water partition coefficient (Wildman–Crippen LogP) is 3.89. The van der Waals surface area contributed by atoms with Gasteiger partial charge in [-0.2, -0.15) is 0 Å². The summed E-state index contributed by atoms with van der Waals surface area (Å²) in [5.41, 5.74) is 0.947. The lowest BCUT2D eigenvalue weighted by atomic mass is 9.95. The molecule has 1 aromatic carbocycles. The number of fused-ring (bicyclic) bond motifs is 2. The summed E-state index contributed by atoms with van der Waals surface area (Å²) in [6.07, 6.45) is 1.84. The third kappa shape index (κ3) is 3.48. The highest BCUT2D eigenvalue weighted by Gasteiger charge is 2.44. The van der Waals surface area contributed by atoms with Crippen molar-refractivity contribution in [3.63, 3.8) is 0 Å². The van der Waals surface area contributed by atoms with E-state index in [1.165, 1.54) is 6.07 Å². The number of carbonyl (C=O) groups is 1. The molecule has 0 radical (unpaired) electrons. The molecule has 1 saturated carbocycles. The molecule has 2 fully saturated rings. The van der Waals surface area contributed by atoms with Gasteiger partial charge in [0.05, 0.1) is 0 Å². The largest absolute Gasteiger partial charge is 0.573 e. The van der Waals surface area contributed by atoms with E-state index in [9.17, 15) is 18.0 Å². The van der Waals surface area contributed by atoms with Crippen molar-refractivity contribution in [2.75, 3.05) is 13.1 Å². The van der Waals surface area contributed by atoms with Gasteiger partial charge in [0.2, 0.25) is 5.78 Å². The maximum absolute atomic E-state index is 12.9. The first-order chi connectivity index (χ1) is 14.4. The first-order valence-electron chi connectivity index (χ1n) is 9.81. The number of amides is 1. The van der Waals surface area contributed by atoms with Crippen molar-refractivity contribution >= 4 is 11.7 Å². The average molecular weight is 416 g/mol. The minimum atomic E-state index is -4.71. The van der Waals surface area contributed by atoms with Crippen molar-refractivity contribution in [3.05, 3.63) is 60.2 Å². The molecule has 3 aromatic rings. The van der Waals surface area contributed by atoms with Gasteiger partial charge in [-0.05, 0) is 48.3 Å². The fraction of sp³-hybridized carbons (Fsp3) is 0.381. The number of hydrogen-bond acceptors (Lipinski definition) is 4. The van der Waals surface area contributed by atoms with Crippen LogP contribution in [0.25, 0.3) is 5.78 Å². The van der Waals surface area contributed by atoms with E-state index in [0.29, 0.717) is 30.1 Å². The summed E-state index contributed by atoms with van der Waals surface area (Å²) in [6.45, 7) is 1.17. The van der Waals surface area contributed by atoms with Crippen molar-refractivity contribution < 1.29 is 22.7 Å². The number of hydrogen-bond donors (Lipinski definition) is 0. The smallest absolute Gasteiger partial charge is 0.405 e. The van der Waals surface area contributed by atoms with Crippen LogP contribution in [-0.4, -0.2) is 44.6 Å². The van der Waals surface area contributed by atoms with Gasteiger partial charge in [0.1, 0.15) is 11.4 Å². The second kappa shape index (κ2) is 7.00. The molecule has 0 N–H and O–H groups in total. The molecule has 1 aliphatic heterocycles. The van der Waals surface area contributed by atoms with E-state index >= 15 is 0 Å². The van der Waals surface area contributed by atoms with E-state index in [1.807, 2.05) is 0 Å². The molecular formula is C21H19F3N4O2. The van der Waals surface area contributed by atoms with Crippen molar-refractivity contribution in [2.45, 2.75) is 25.1 Å². The molecular weight excluding hydrogens is 397 g/mol. The van der Waals surface area contributed by atoms with Gasteiger partial charge in [-0.15, -0.1) is 13.2 Å². The molecule has 3 heterocycles. The Kier molecular flexibility index (Phi) is 4.41. The van der Waals surface area contributed by atoms with E-state index < -0.39 is 6.36 Å². The summed E-state index contributed by atoms with van der Waals surface area (Å²) in [5.74, 6) is 0.727. The second-order valence-corrected chi connectivity index (χ2v) is 7.94. The summed E-state index contributed by atoms with van der Waals surface area (Å²) >= 11 is 0. The molecule has 2 aliphatic rings. The van der Waals surface area contributed by atoms with Gasteiger partial charge >= 0.3 is 6.36 Å². The lowest BCUT2D eigenvalue weighted by Crippen LogP contribution is -2.30. The molecule has 5 rings (SSSR count). The third-order valence-electron chi connectivity index (χ3n) is 6.08. The first-order valence-corrected chi connectivity index (χ1v) is 9.81. The summed E-state index contributed by atoms with van der Waals surface area (Å²) in [6, 6.07) is 8.12. The van der Waals surface area contributed by atoms with Crippen LogP contribution >= 0.6 is 0 Å². The number of halogens is 3. The van der Waals surface area contributed by atoms with Crippen LogP contribution in [0.2, 0.25) is 0 Å². The van der Waals surface area contributed by atoms with E-state index in [1.54, 1.807) is 52.2 Å². The Hall–Kier alpha value is -3.10. The minimum Gasteiger partial charge on any atom is -0.405 e. The molecule has 1 unspecified atom stereocenters. The Balaban J connectivity index is 1.28. The van der Waals surface area contributed by atoms with Gasteiger partial charge in [-0.1, -0.05) is 18.2 Å². The highest BCUT2D eigenvalue weighted by Crippen LogP contribution is 2.48. The number of aromatic nitrogens is 3. The number of benzene rings is 1. The number of likely N-dealkylation sites (tertiary alicyclic amines) is 1.